The normalized spacial score (nSPS) is 11.3. The first kappa shape index (κ1) is 15.7. The molecule has 0 aliphatic rings. The number of pyridine rings is 1. The number of ether oxygens (including phenoxy) is 1. The van der Waals surface area contributed by atoms with Gasteiger partial charge in [-0.25, -0.2) is 13.4 Å². The van der Waals surface area contributed by atoms with E-state index in [9.17, 15) is 8.42 Å². The van der Waals surface area contributed by atoms with E-state index >= 15 is 0 Å². The molecule has 21 heavy (non-hydrogen) atoms. The summed E-state index contributed by atoms with van der Waals surface area (Å²) in [5, 5.41) is 3.04. The zero-order valence-electron chi connectivity index (χ0n) is 11.8. The fourth-order valence-electron chi connectivity index (χ4n) is 1.65. The number of nitrogens with one attached hydrogen (secondary N) is 2. The van der Waals surface area contributed by atoms with Gasteiger partial charge in [-0.05, 0) is 38.2 Å². The Kier molecular flexibility index (Phi) is 5.16. The molecule has 6 nitrogen and oxygen atoms in total. The van der Waals surface area contributed by atoms with Gasteiger partial charge in [0.05, 0.1) is 19.0 Å². The van der Waals surface area contributed by atoms with Gasteiger partial charge in [0.15, 0.2) is 0 Å². The Balaban J connectivity index is 2.11. The summed E-state index contributed by atoms with van der Waals surface area (Å²) in [7, 11) is -0.201. The summed E-state index contributed by atoms with van der Waals surface area (Å²) < 4.78 is 32.3. The van der Waals surface area contributed by atoms with E-state index in [1.807, 2.05) is 13.1 Å². The average molecular weight is 327 g/mol. The predicted octanol–water partition coefficient (Wildman–Crippen LogP) is 1.71. The predicted molar refractivity (Wildman–Crippen MR) is 83.5 cm³/mol. The van der Waals surface area contributed by atoms with E-state index < -0.39 is 10.0 Å². The Morgan fingerprint density at radius 3 is 2.71 bits per heavy atom. The maximum atomic E-state index is 12.3. The molecule has 2 N–H and O–H groups in total. The number of hydrogen-bond donors (Lipinski definition) is 2. The molecule has 2 heterocycles. The molecule has 0 amide bonds. The highest BCUT2D eigenvalue weighted by Crippen LogP contribution is 2.24. The van der Waals surface area contributed by atoms with Crippen LogP contribution in [0.3, 0.4) is 0 Å². The number of thiophene rings is 1. The van der Waals surface area contributed by atoms with Crippen molar-refractivity contribution >= 4 is 27.0 Å². The zero-order valence-corrected chi connectivity index (χ0v) is 13.4. The smallest absolute Gasteiger partial charge is 0.271 e. The standard InChI is InChI=1S/C13H17N3O3S2/c1-14-8-7-11-4-6-13(20-11)21(17,18)16-10-3-5-12(19-2)15-9-10/h3-6,9,14,16H,7-8H2,1-2H3. The summed E-state index contributed by atoms with van der Waals surface area (Å²) in [5.74, 6) is 0.434. The Labute approximate surface area is 128 Å². The number of likely N-dealkylation sites (N-methyl/N-ethyl adjacent to an activating group) is 1. The highest BCUT2D eigenvalue weighted by molar-refractivity contribution is 7.94. The second-order valence-electron chi connectivity index (χ2n) is 4.27. The Hall–Kier alpha value is -1.64. The van der Waals surface area contributed by atoms with Gasteiger partial charge < -0.3 is 10.1 Å². The summed E-state index contributed by atoms with van der Waals surface area (Å²) in [6.45, 7) is 0.815. The van der Waals surface area contributed by atoms with E-state index in [2.05, 4.69) is 15.0 Å². The maximum absolute atomic E-state index is 12.3. The van der Waals surface area contributed by atoms with Crippen molar-refractivity contribution in [3.63, 3.8) is 0 Å². The van der Waals surface area contributed by atoms with Gasteiger partial charge in [-0.3, -0.25) is 4.72 Å². The second kappa shape index (κ2) is 6.88. The van der Waals surface area contributed by atoms with Crippen molar-refractivity contribution in [2.45, 2.75) is 10.6 Å². The molecular formula is C13H17N3O3S2. The van der Waals surface area contributed by atoms with Gasteiger partial charge in [0.2, 0.25) is 5.88 Å². The van der Waals surface area contributed by atoms with Crippen molar-refractivity contribution in [1.82, 2.24) is 10.3 Å². The molecule has 0 aliphatic heterocycles. The molecule has 0 aliphatic carbocycles. The molecule has 8 heteroatoms. The van der Waals surface area contributed by atoms with E-state index in [0.717, 1.165) is 17.8 Å². The summed E-state index contributed by atoms with van der Waals surface area (Å²) in [4.78, 5) is 4.99. The molecule has 0 saturated carbocycles. The molecule has 0 spiro atoms. The van der Waals surface area contributed by atoms with Gasteiger partial charge in [0.1, 0.15) is 4.21 Å². The molecule has 0 unspecified atom stereocenters. The molecule has 0 bridgehead atoms. The van der Waals surface area contributed by atoms with E-state index in [-0.39, 0.29) is 0 Å². The summed E-state index contributed by atoms with van der Waals surface area (Å²) in [5.41, 5.74) is 0.404. The summed E-state index contributed by atoms with van der Waals surface area (Å²) in [6, 6.07) is 6.67. The zero-order chi connectivity index (χ0) is 15.3. The van der Waals surface area contributed by atoms with E-state index in [4.69, 9.17) is 4.74 Å². The van der Waals surface area contributed by atoms with Crippen LogP contribution >= 0.6 is 11.3 Å². The minimum atomic E-state index is -3.57. The Morgan fingerprint density at radius 2 is 2.10 bits per heavy atom. The fourth-order valence-corrected chi connectivity index (χ4v) is 4.05. The van der Waals surface area contributed by atoms with Crippen LogP contribution in [0, 0.1) is 0 Å². The van der Waals surface area contributed by atoms with Crippen molar-refractivity contribution in [3.05, 3.63) is 35.3 Å². The van der Waals surface area contributed by atoms with Crippen molar-refractivity contribution in [3.8, 4) is 5.88 Å². The van der Waals surface area contributed by atoms with Gasteiger partial charge >= 0.3 is 0 Å². The number of anilines is 1. The van der Waals surface area contributed by atoms with Crippen LogP contribution in [-0.2, 0) is 16.4 Å². The minimum Gasteiger partial charge on any atom is -0.481 e. The van der Waals surface area contributed by atoms with Gasteiger partial charge in [0.25, 0.3) is 10.0 Å². The molecule has 0 radical (unpaired) electrons. The van der Waals surface area contributed by atoms with Crippen molar-refractivity contribution in [1.29, 1.82) is 0 Å². The number of aromatic nitrogens is 1. The fraction of sp³-hybridized carbons (Fsp3) is 0.308. The molecule has 0 fully saturated rings. The van der Waals surface area contributed by atoms with Crippen LogP contribution in [0.5, 0.6) is 5.88 Å². The lowest BCUT2D eigenvalue weighted by atomic mass is 10.3. The third-order valence-electron chi connectivity index (χ3n) is 2.72. The van der Waals surface area contributed by atoms with Crippen molar-refractivity contribution in [2.24, 2.45) is 0 Å². The van der Waals surface area contributed by atoms with Crippen molar-refractivity contribution < 1.29 is 13.2 Å². The van der Waals surface area contributed by atoms with Gasteiger partial charge in [-0.2, -0.15) is 0 Å². The first-order valence-electron chi connectivity index (χ1n) is 6.31. The lowest BCUT2D eigenvalue weighted by Crippen LogP contribution is -2.11. The SMILES string of the molecule is CNCCc1ccc(S(=O)(=O)Nc2ccc(OC)nc2)s1. The summed E-state index contributed by atoms with van der Waals surface area (Å²) in [6.07, 6.45) is 2.23. The highest BCUT2D eigenvalue weighted by atomic mass is 32.2. The topological polar surface area (TPSA) is 80.3 Å². The third kappa shape index (κ3) is 4.16. The first-order valence-corrected chi connectivity index (χ1v) is 8.61. The number of methoxy groups -OCH3 is 1. The molecule has 2 aromatic rings. The second-order valence-corrected chi connectivity index (χ2v) is 7.35. The lowest BCUT2D eigenvalue weighted by molar-refractivity contribution is 0.398. The Morgan fingerprint density at radius 1 is 1.29 bits per heavy atom. The van der Waals surface area contributed by atoms with Gasteiger partial charge in [-0.15, -0.1) is 11.3 Å². The van der Waals surface area contributed by atoms with Gasteiger partial charge in [0, 0.05) is 10.9 Å². The van der Waals surface area contributed by atoms with Crippen LogP contribution in [-0.4, -0.2) is 34.1 Å². The van der Waals surface area contributed by atoms with Crippen LogP contribution < -0.4 is 14.8 Å². The third-order valence-corrected chi connectivity index (χ3v) is 5.74. The molecule has 0 saturated heterocycles. The lowest BCUT2D eigenvalue weighted by Gasteiger charge is -2.06. The number of sulfonamides is 1. The molecule has 114 valence electrons. The number of hydrogen-bond acceptors (Lipinski definition) is 6. The molecule has 0 aromatic carbocycles. The van der Waals surface area contributed by atoms with E-state index in [1.54, 1.807) is 18.2 Å². The number of nitrogens with zero attached hydrogens (tertiary/aromatic N) is 1. The highest BCUT2D eigenvalue weighted by Gasteiger charge is 2.17. The molecule has 2 aromatic heterocycles. The molecule has 2 rings (SSSR count). The van der Waals surface area contributed by atoms with Crippen LogP contribution in [0.25, 0.3) is 0 Å². The summed E-state index contributed by atoms with van der Waals surface area (Å²) >= 11 is 1.27. The largest absolute Gasteiger partial charge is 0.481 e. The first-order chi connectivity index (χ1) is 10.0. The monoisotopic (exact) mass is 327 g/mol. The van der Waals surface area contributed by atoms with Crippen LogP contribution in [0.15, 0.2) is 34.7 Å². The quantitative estimate of drug-likeness (QED) is 0.809. The van der Waals surface area contributed by atoms with Crippen LogP contribution in [0.2, 0.25) is 0 Å². The minimum absolute atomic E-state index is 0.296. The van der Waals surface area contributed by atoms with Crippen molar-refractivity contribution in [2.75, 3.05) is 25.4 Å². The van der Waals surface area contributed by atoms with Gasteiger partial charge in [-0.1, -0.05) is 0 Å². The van der Waals surface area contributed by atoms with E-state index in [0.29, 0.717) is 15.8 Å². The molecular weight excluding hydrogens is 310 g/mol. The van der Waals surface area contributed by atoms with Crippen LogP contribution in [0.4, 0.5) is 5.69 Å². The molecule has 0 atom stereocenters. The van der Waals surface area contributed by atoms with E-state index in [1.165, 1.54) is 24.6 Å². The average Bonchev–Trinajstić information content (AvgIpc) is 2.95. The Bertz CT molecular complexity index is 681. The number of rotatable bonds is 7. The van der Waals surface area contributed by atoms with Crippen LogP contribution in [0.1, 0.15) is 4.88 Å². The maximum Gasteiger partial charge on any atom is 0.271 e.